The SMILES string of the molecule is O=C(NCc1cn(-c2ccccc2)nc1-c1ccccc1)[C@@H]1C[C@@H](O)CN1. The maximum Gasteiger partial charge on any atom is 0.237 e. The lowest BCUT2D eigenvalue weighted by Crippen LogP contribution is -2.40. The highest BCUT2D eigenvalue weighted by atomic mass is 16.3. The molecule has 0 unspecified atom stereocenters. The summed E-state index contributed by atoms with van der Waals surface area (Å²) in [5.74, 6) is -0.0991. The Balaban J connectivity index is 1.58. The third-order valence-electron chi connectivity index (χ3n) is 4.74. The second-order valence-corrected chi connectivity index (χ2v) is 6.72. The number of aromatic nitrogens is 2. The van der Waals surface area contributed by atoms with Crippen molar-refractivity contribution in [1.29, 1.82) is 0 Å². The maximum absolute atomic E-state index is 12.4. The van der Waals surface area contributed by atoms with E-state index in [0.29, 0.717) is 19.5 Å². The van der Waals surface area contributed by atoms with Crippen LogP contribution in [0.4, 0.5) is 0 Å². The van der Waals surface area contributed by atoms with Gasteiger partial charge in [0.2, 0.25) is 5.91 Å². The Morgan fingerprint density at radius 3 is 2.52 bits per heavy atom. The molecule has 1 amide bonds. The fraction of sp³-hybridized carbons (Fsp3) is 0.238. The van der Waals surface area contributed by atoms with Gasteiger partial charge in [-0.3, -0.25) is 4.79 Å². The molecule has 27 heavy (non-hydrogen) atoms. The van der Waals surface area contributed by atoms with E-state index >= 15 is 0 Å². The molecule has 0 aliphatic carbocycles. The summed E-state index contributed by atoms with van der Waals surface area (Å²) in [6.07, 6.45) is 1.94. The number of hydrogen-bond donors (Lipinski definition) is 3. The van der Waals surface area contributed by atoms with Crippen LogP contribution in [0.3, 0.4) is 0 Å². The third-order valence-corrected chi connectivity index (χ3v) is 4.74. The highest BCUT2D eigenvalue weighted by Gasteiger charge is 2.28. The Bertz CT molecular complexity index is 908. The summed E-state index contributed by atoms with van der Waals surface area (Å²) < 4.78 is 1.83. The highest BCUT2D eigenvalue weighted by molar-refractivity contribution is 5.82. The van der Waals surface area contributed by atoms with E-state index in [9.17, 15) is 9.90 Å². The van der Waals surface area contributed by atoms with E-state index in [0.717, 1.165) is 22.5 Å². The average molecular weight is 362 g/mol. The van der Waals surface area contributed by atoms with Crippen LogP contribution in [0, 0.1) is 0 Å². The Labute approximate surface area is 157 Å². The molecule has 138 valence electrons. The summed E-state index contributed by atoms with van der Waals surface area (Å²) in [4.78, 5) is 12.4. The predicted octanol–water partition coefficient (Wildman–Crippen LogP) is 1.88. The van der Waals surface area contributed by atoms with Gasteiger partial charge >= 0.3 is 0 Å². The van der Waals surface area contributed by atoms with E-state index in [-0.39, 0.29) is 11.9 Å². The molecule has 2 atom stereocenters. The lowest BCUT2D eigenvalue weighted by molar-refractivity contribution is -0.123. The van der Waals surface area contributed by atoms with E-state index < -0.39 is 6.10 Å². The van der Waals surface area contributed by atoms with Crippen molar-refractivity contribution in [1.82, 2.24) is 20.4 Å². The van der Waals surface area contributed by atoms with Crippen molar-refractivity contribution < 1.29 is 9.90 Å². The molecule has 3 N–H and O–H groups in total. The van der Waals surface area contributed by atoms with Gasteiger partial charge in [0.05, 0.1) is 23.5 Å². The molecule has 6 heteroatoms. The van der Waals surface area contributed by atoms with Crippen LogP contribution >= 0.6 is 0 Å². The van der Waals surface area contributed by atoms with Gasteiger partial charge in [0, 0.05) is 30.4 Å². The van der Waals surface area contributed by atoms with Gasteiger partial charge in [-0.2, -0.15) is 5.10 Å². The molecule has 0 saturated carbocycles. The minimum Gasteiger partial charge on any atom is -0.392 e. The van der Waals surface area contributed by atoms with Gasteiger partial charge in [-0.15, -0.1) is 0 Å². The normalized spacial score (nSPS) is 19.1. The average Bonchev–Trinajstić information content (AvgIpc) is 3.34. The number of rotatable bonds is 5. The van der Waals surface area contributed by atoms with Crippen LogP contribution in [-0.2, 0) is 11.3 Å². The number of carbonyl (C=O) groups is 1. The first kappa shape index (κ1) is 17.5. The molecule has 0 bridgehead atoms. The van der Waals surface area contributed by atoms with Crippen molar-refractivity contribution in [3.05, 3.63) is 72.4 Å². The summed E-state index contributed by atoms with van der Waals surface area (Å²) in [6, 6.07) is 19.5. The van der Waals surface area contributed by atoms with Crippen molar-refractivity contribution in [2.75, 3.05) is 6.54 Å². The third kappa shape index (κ3) is 3.92. The van der Waals surface area contributed by atoms with Crippen LogP contribution in [0.25, 0.3) is 16.9 Å². The largest absolute Gasteiger partial charge is 0.392 e. The fourth-order valence-corrected chi connectivity index (χ4v) is 3.31. The molecule has 1 aromatic heterocycles. The van der Waals surface area contributed by atoms with Crippen LogP contribution in [0.5, 0.6) is 0 Å². The van der Waals surface area contributed by atoms with Crippen LogP contribution in [0.1, 0.15) is 12.0 Å². The van der Waals surface area contributed by atoms with Crippen molar-refractivity contribution in [2.24, 2.45) is 0 Å². The molecule has 0 spiro atoms. The van der Waals surface area contributed by atoms with Crippen molar-refractivity contribution in [3.63, 3.8) is 0 Å². The fourth-order valence-electron chi connectivity index (χ4n) is 3.31. The number of carbonyl (C=O) groups excluding carboxylic acids is 1. The standard InChI is InChI=1S/C21H22N4O2/c26-18-11-19(22-13-18)21(27)23-12-16-14-25(17-9-5-2-6-10-17)24-20(16)15-7-3-1-4-8-15/h1-10,14,18-19,22,26H,11-13H2,(H,23,27)/t18-,19+/m1/s1. The molecule has 6 nitrogen and oxygen atoms in total. The number of β-amino-alcohol motifs (C(OH)–C–C–N with tert-alkyl or cyclic N) is 1. The molecule has 1 aliphatic rings. The molecule has 1 fully saturated rings. The monoisotopic (exact) mass is 362 g/mol. The second kappa shape index (κ2) is 7.73. The summed E-state index contributed by atoms with van der Waals surface area (Å²) in [6.45, 7) is 0.837. The van der Waals surface area contributed by atoms with Crippen molar-refractivity contribution in [2.45, 2.75) is 25.1 Å². The zero-order chi connectivity index (χ0) is 18.6. The van der Waals surface area contributed by atoms with Crippen LogP contribution in [0.15, 0.2) is 66.9 Å². The number of amides is 1. The zero-order valence-electron chi connectivity index (χ0n) is 14.9. The molecule has 2 aromatic carbocycles. The smallest absolute Gasteiger partial charge is 0.237 e. The Hall–Kier alpha value is -2.96. The minimum absolute atomic E-state index is 0.0991. The summed E-state index contributed by atoms with van der Waals surface area (Å²) >= 11 is 0. The van der Waals surface area contributed by atoms with Crippen LogP contribution in [-0.4, -0.2) is 39.5 Å². The zero-order valence-corrected chi connectivity index (χ0v) is 14.9. The van der Waals surface area contributed by atoms with E-state index in [2.05, 4.69) is 10.6 Å². The number of aliphatic hydroxyl groups excluding tert-OH is 1. The summed E-state index contributed by atoms with van der Waals surface area (Å²) in [5.41, 5.74) is 3.76. The molecule has 1 aliphatic heterocycles. The molecule has 2 heterocycles. The topological polar surface area (TPSA) is 79.2 Å². The van der Waals surface area contributed by atoms with E-state index in [4.69, 9.17) is 5.10 Å². The first-order valence-electron chi connectivity index (χ1n) is 9.09. The molecular formula is C21H22N4O2. The second-order valence-electron chi connectivity index (χ2n) is 6.72. The number of para-hydroxylation sites is 1. The van der Waals surface area contributed by atoms with Gasteiger partial charge in [0.15, 0.2) is 0 Å². The minimum atomic E-state index is -0.457. The van der Waals surface area contributed by atoms with Gasteiger partial charge < -0.3 is 15.7 Å². The molecule has 4 rings (SSSR count). The van der Waals surface area contributed by atoms with Crippen LogP contribution in [0.2, 0.25) is 0 Å². The number of benzene rings is 2. The van der Waals surface area contributed by atoms with Gasteiger partial charge in [0.25, 0.3) is 0 Å². The van der Waals surface area contributed by atoms with Crippen molar-refractivity contribution in [3.8, 4) is 16.9 Å². The molecular weight excluding hydrogens is 340 g/mol. The number of nitrogens with one attached hydrogen (secondary N) is 2. The maximum atomic E-state index is 12.4. The molecule has 1 saturated heterocycles. The highest BCUT2D eigenvalue weighted by Crippen LogP contribution is 2.23. The lowest BCUT2D eigenvalue weighted by atomic mass is 10.1. The van der Waals surface area contributed by atoms with E-state index in [1.54, 1.807) is 0 Å². The first-order valence-corrected chi connectivity index (χ1v) is 9.09. The Kier molecular flexibility index (Phi) is 5.00. The van der Waals surface area contributed by atoms with Gasteiger partial charge in [-0.25, -0.2) is 4.68 Å². The quantitative estimate of drug-likeness (QED) is 0.648. The van der Waals surface area contributed by atoms with Crippen molar-refractivity contribution >= 4 is 5.91 Å². The Morgan fingerprint density at radius 2 is 1.85 bits per heavy atom. The predicted molar refractivity (Wildman–Crippen MR) is 103 cm³/mol. The van der Waals surface area contributed by atoms with Gasteiger partial charge in [-0.05, 0) is 18.6 Å². The molecule has 3 aromatic rings. The lowest BCUT2D eigenvalue weighted by Gasteiger charge is -2.11. The van der Waals surface area contributed by atoms with Gasteiger partial charge in [0.1, 0.15) is 0 Å². The van der Waals surface area contributed by atoms with E-state index in [1.807, 2.05) is 71.5 Å². The number of hydrogen-bond acceptors (Lipinski definition) is 4. The van der Waals surface area contributed by atoms with Crippen LogP contribution < -0.4 is 10.6 Å². The first-order chi connectivity index (χ1) is 13.2. The van der Waals surface area contributed by atoms with E-state index in [1.165, 1.54) is 0 Å². The molecule has 0 radical (unpaired) electrons. The summed E-state index contributed by atoms with van der Waals surface area (Å²) in [7, 11) is 0. The number of aliphatic hydroxyl groups is 1. The Morgan fingerprint density at radius 1 is 1.15 bits per heavy atom. The van der Waals surface area contributed by atoms with Gasteiger partial charge in [-0.1, -0.05) is 48.5 Å². The number of nitrogens with zero attached hydrogens (tertiary/aromatic N) is 2. The summed E-state index contributed by atoms with van der Waals surface area (Å²) in [5, 5.41) is 20.4.